The van der Waals surface area contributed by atoms with Crippen molar-refractivity contribution in [3.63, 3.8) is 0 Å². The fourth-order valence-electron chi connectivity index (χ4n) is 2.28. The molecule has 0 aliphatic carbocycles. The molecule has 0 unspecified atom stereocenters. The molecule has 0 fully saturated rings. The average Bonchev–Trinajstić information content (AvgIpc) is 2.48. The van der Waals surface area contributed by atoms with E-state index in [4.69, 9.17) is 4.74 Å². The molecular weight excluding hydrogens is 246 g/mol. The predicted octanol–water partition coefficient (Wildman–Crippen LogP) is 4.33. The molecule has 0 bridgehead atoms. The van der Waals surface area contributed by atoms with E-state index in [0.717, 1.165) is 32.7 Å². The van der Waals surface area contributed by atoms with E-state index in [0.29, 0.717) is 0 Å². The third kappa shape index (κ3) is 7.66. The second-order valence-corrected chi connectivity index (χ2v) is 5.38. The van der Waals surface area contributed by atoms with Crippen molar-refractivity contribution in [1.29, 1.82) is 0 Å². The summed E-state index contributed by atoms with van der Waals surface area (Å²) in [6, 6.07) is 8.66. The molecule has 0 atom stereocenters. The van der Waals surface area contributed by atoms with Crippen LogP contribution in [0.15, 0.2) is 24.3 Å². The fraction of sp³-hybridized carbons (Fsp3) is 0.667. The minimum absolute atomic E-state index is 0.760. The first-order valence-corrected chi connectivity index (χ1v) is 8.23. The summed E-state index contributed by atoms with van der Waals surface area (Å²) in [5.74, 6) is 0. The van der Waals surface area contributed by atoms with Crippen molar-refractivity contribution in [1.82, 2.24) is 5.32 Å². The fourth-order valence-corrected chi connectivity index (χ4v) is 2.28. The number of ether oxygens (including phenoxy) is 1. The Kier molecular flexibility index (Phi) is 10.3. The summed E-state index contributed by atoms with van der Waals surface area (Å²) in [7, 11) is 0. The Balaban J connectivity index is 2.26. The average molecular weight is 277 g/mol. The molecule has 2 nitrogen and oxygen atoms in total. The Morgan fingerprint density at radius 2 is 1.70 bits per heavy atom. The lowest BCUT2D eigenvalue weighted by atomic mass is 10.1. The molecule has 1 rings (SSSR count). The molecule has 0 spiro atoms. The standard InChI is InChI=1S/C18H31NO/c1-3-5-6-9-15-20-16-18-11-8-7-10-17(18)12-14-19-13-4-2/h7-8,10-11,19H,3-6,9,12-16H2,1-2H3. The molecule has 2 heteroatoms. The van der Waals surface area contributed by atoms with E-state index >= 15 is 0 Å². The smallest absolute Gasteiger partial charge is 0.0719 e. The highest BCUT2D eigenvalue weighted by Crippen LogP contribution is 2.11. The molecule has 0 heterocycles. The van der Waals surface area contributed by atoms with Crippen LogP contribution in [-0.4, -0.2) is 19.7 Å². The Morgan fingerprint density at radius 1 is 0.900 bits per heavy atom. The van der Waals surface area contributed by atoms with Gasteiger partial charge in [-0.05, 0) is 43.5 Å². The number of unbranched alkanes of at least 4 members (excludes halogenated alkanes) is 3. The Bertz CT molecular complexity index is 338. The normalized spacial score (nSPS) is 10.9. The van der Waals surface area contributed by atoms with Crippen molar-refractivity contribution in [2.24, 2.45) is 0 Å². The van der Waals surface area contributed by atoms with Crippen LogP contribution in [0, 0.1) is 0 Å². The van der Waals surface area contributed by atoms with Gasteiger partial charge < -0.3 is 10.1 Å². The maximum absolute atomic E-state index is 5.81. The van der Waals surface area contributed by atoms with Gasteiger partial charge in [0.2, 0.25) is 0 Å². The molecule has 0 aliphatic heterocycles. The van der Waals surface area contributed by atoms with Gasteiger partial charge in [0.1, 0.15) is 0 Å². The maximum Gasteiger partial charge on any atom is 0.0719 e. The lowest BCUT2D eigenvalue weighted by Crippen LogP contribution is -2.18. The zero-order valence-electron chi connectivity index (χ0n) is 13.3. The van der Waals surface area contributed by atoms with Crippen molar-refractivity contribution in [3.8, 4) is 0 Å². The van der Waals surface area contributed by atoms with Crippen LogP contribution in [0.1, 0.15) is 57.1 Å². The molecule has 0 radical (unpaired) electrons. The maximum atomic E-state index is 5.81. The third-order valence-electron chi connectivity index (χ3n) is 3.52. The monoisotopic (exact) mass is 277 g/mol. The van der Waals surface area contributed by atoms with Gasteiger partial charge in [-0.3, -0.25) is 0 Å². The molecular formula is C18H31NO. The zero-order chi connectivity index (χ0) is 14.5. The quantitative estimate of drug-likeness (QED) is 0.574. The van der Waals surface area contributed by atoms with Crippen molar-refractivity contribution in [2.45, 2.75) is 59.0 Å². The highest BCUT2D eigenvalue weighted by molar-refractivity contribution is 5.26. The van der Waals surface area contributed by atoms with E-state index < -0.39 is 0 Å². The van der Waals surface area contributed by atoms with E-state index in [2.05, 4.69) is 43.4 Å². The summed E-state index contributed by atoms with van der Waals surface area (Å²) in [6.07, 6.45) is 7.38. The van der Waals surface area contributed by atoms with E-state index in [1.54, 1.807) is 0 Å². The summed E-state index contributed by atoms with van der Waals surface area (Å²) < 4.78 is 5.81. The summed E-state index contributed by atoms with van der Waals surface area (Å²) in [5.41, 5.74) is 2.77. The lowest BCUT2D eigenvalue weighted by molar-refractivity contribution is 0.116. The van der Waals surface area contributed by atoms with Gasteiger partial charge >= 0.3 is 0 Å². The predicted molar refractivity (Wildman–Crippen MR) is 87.1 cm³/mol. The Hall–Kier alpha value is -0.860. The molecule has 1 aromatic rings. The molecule has 0 aromatic heterocycles. The minimum atomic E-state index is 0.760. The second kappa shape index (κ2) is 11.9. The SMILES string of the molecule is CCCCCCOCc1ccccc1CCNCCC. The van der Waals surface area contributed by atoms with Crippen LogP contribution < -0.4 is 5.32 Å². The van der Waals surface area contributed by atoms with Gasteiger partial charge in [-0.25, -0.2) is 0 Å². The summed E-state index contributed by atoms with van der Waals surface area (Å²) in [6.45, 7) is 8.26. The number of hydrogen-bond acceptors (Lipinski definition) is 2. The van der Waals surface area contributed by atoms with Gasteiger partial charge in [0, 0.05) is 6.61 Å². The van der Waals surface area contributed by atoms with Crippen LogP contribution in [-0.2, 0) is 17.8 Å². The van der Waals surface area contributed by atoms with E-state index in [1.165, 1.54) is 43.2 Å². The first kappa shape index (κ1) is 17.2. The highest BCUT2D eigenvalue weighted by atomic mass is 16.5. The number of hydrogen-bond donors (Lipinski definition) is 1. The highest BCUT2D eigenvalue weighted by Gasteiger charge is 2.01. The summed E-state index contributed by atoms with van der Waals surface area (Å²) in [5, 5.41) is 3.46. The Labute approximate surface area is 124 Å². The minimum Gasteiger partial charge on any atom is -0.377 e. The third-order valence-corrected chi connectivity index (χ3v) is 3.52. The molecule has 1 N–H and O–H groups in total. The first-order chi connectivity index (χ1) is 9.88. The molecule has 1 aromatic carbocycles. The zero-order valence-corrected chi connectivity index (χ0v) is 13.3. The van der Waals surface area contributed by atoms with Crippen molar-refractivity contribution in [2.75, 3.05) is 19.7 Å². The largest absolute Gasteiger partial charge is 0.377 e. The van der Waals surface area contributed by atoms with Gasteiger partial charge in [0.25, 0.3) is 0 Å². The van der Waals surface area contributed by atoms with Crippen molar-refractivity contribution in [3.05, 3.63) is 35.4 Å². The van der Waals surface area contributed by atoms with Gasteiger partial charge in [-0.1, -0.05) is 57.4 Å². The van der Waals surface area contributed by atoms with Gasteiger partial charge in [-0.15, -0.1) is 0 Å². The molecule has 20 heavy (non-hydrogen) atoms. The number of benzene rings is 1. The Morgan fingerprint density at radius 3 is 2.45 bits per heavy atom. The van der Waals surface area contributed by atoms with Crippen LogP contribution in [0.25, 0.3) is 0 Å². The second-order valence-electron chi connectivity index (χ2n) is 5.38. The summed E-state index contributed by atoms with van der Waals surface area (Å²) in [4.78, 5) is 0. The van der Waals surface area contributed by atoms with Gasteiger partial charge in [-0.2, -0.15) is 0 Å². The van der Waals surface area contributed by atoms with E-state index in [1.807, 2.05) is 0 Å². The van der Waals surface area contributed by atoms with Crippen molar-refractivity contribution < 1.29 is 4.74 Å². The van der Waals surface area contributed by atoms with Crippen LogP contribution in [0.4, 0.5) is 0 Å². The van der Waals surface area contributed by atoms with E-state index in [-0.39, 0.29) is 0 Å². The lowest BCUT2D eigenvalue weighted by Gasteiger charge is -2.10. The molecule has 0 saturated carbocycles. The van der Waals surface area contributed by atoms with Crippen molar-refractivity contribution >= 4 is 0 Å². The topological polar surface area (TPSA) is 21.3 Å². The number of rotatable bonds is 12. The van der Waals surface area contributed by atoms with Crippen LogP contribution in [0.5, 0.6) is 0 Å². The van der Waals surface area contributed by atoms with Crippen LogP contribution >= 0.6 is 0 Å². The van der Waals surface area contributed by atoms with E-state index in [9.17, 15) is 0 Å². The van der Waals surface area contributed by atoms with Gasteiger partial charge in [0.05, 0.1) is 6.61 Å². The molecule has 0 amide bonds. The van der Waals surface area contributed by atoms with Crippen LogP contribution in [0.3, 0.4) is 0 Å². The van der Waals surface area contributed by atoms with Crippen LogP contribution in [0.2, 0.25) is 0 Å². The molecule has 114 valence electrons. The summed E-state index contributed by atoms with van der Waals surface area (Å²) >= 11 is 0. The molecule has 0 saturated heterocycles. The molecule has 0 aliphatic rings. The van der Waals surface area contributed by atoms with Gasteiger partial charge in [0.15, 0.2) is 0 Å². The number of nitrogens with one attached hydrogen (secondary N) is 1. The first-order valence-electron chi connectivity index (χ1n) is 8.23.